The summed E-state index contributed by atoms with van der Waals surface area (Å²) in [5.74, 6) is 0.814. The van der Waals surface area contributed by atoms with Gasteiger partial charge in [-0.05, 0) is 74.6 Å². The molecule has 0 aliphatic rings. The second kappa shape index (κ2) is 11.2. The Balaban J connectivity index is 1.72. The van der Waals surface area contributed by atoms with Gasteiger partial charge < -0.3 is 4.90 Å². The minimum Gasteiger partial charge on any atom is -0.314 e. The van der Waals surface area contributed by atoms with Crippen molar-refractivity contribution in [3.05, 3.63) is 81.2 Å². The van der Waals surface area contributed by atoms with Crippen molar-refractivity contribution >= 4 is 45.7 Å². The highest BCUT2D eigenvalue weighted by molar-refractivity contribution is 6.31. The molecule has 0 bridgehead atoms. The molecule has 7 nitrogen and oxygen atoms in total. The average molecular weight is 524 g/mol. The number of carbonyl (C=O) groups excluding carboxylic acids is 1. The molecule has 0 N–H and O–H groups in total. The molecule has 2 aromatic carbocycles. The largest absolute Gasteiger partial charge is 0.314 e. The van der Waals surface area contributed by atoms with Gasteiger partial charge in [-0.1, -0.05) is 36.5 Å². The Morgan fingerprint density at radius 2 is 1.72 bits per heavy atom. The summed E-state index contributed by atoms with van der Waals surface area (Å²) in [6.07, 6.45) is 3.62. The van der Waals surface area contributed by atoms with E-state index >= 15 is 0 Å². The molecule has 0 saturated heterocycles. The Hall–Kier alpha value is -3.26. The van der Waals surface area contributed by atoms with Crippen LogP contribution in [-0.4, -0.2) is 52.5 Å². The molecule has 9 heteroatoms. The van der Waals surface area contributed by atoms with Crippen molar-refractivity contribution in [2.75, 3.05) is 32.1 Å². The maximum Gasteiger partial charge on any atom is 0.267 e. The third kappa shape index (κ3) is 5.59. The lowest BCUT2D eigenvalue weighted by atomic mass is 10.1. The summed E-state index contributed by atoms with van der Waals surface area (Å²) in [4.78, 5) is 39.1. The van der Waals surface area contributed by atoms with Gasteiger partial charge in [0, 0.05) is 29.5 Å². The van der Waals surface area contributed by atoms with Crippen molar-refractivity contribution in [1.29, 1.82) is 0 Å². The molecule has 0 aliphatic heterocycles. The maximum atomic E-state index is 13.5. The van der Waals surface area contributed by atoms with E-state index < -0.39 is 0 Å². The maximum absolute atomic E-state index is 13.5. The Bertz CT molecular complexity index is 1440. The molecule has 2 heterocycles. The van der Waals surface area contributed by atoms with E-state index in [0.717, 1.165) is 25.1 Å². The lowest BCUT2D eigenvalue weighted by Gasteiger charge is -2.22. The molecule has 1 amide bonds. The Morgan fingerprint density at radius 1 is 1.00 bits per heavy atom. The Labute approximate surface area is 219 Å². The second-order valence-corrected chi connectivity index (χ2v) is 9.54. The van der Waals surface area contributed by atoms with Crippen molar-refractivity contribution in [3.8, 4) is 17.2 Å². The molecule has 0 atom stereocenters. The van der Waals surface area contributed by atoms with Crippen LogP contribution in [0.25, 0.3) is 28.1 Å². The number of anilines is 1. The molecule has 0 unspecified atom stereocenters. The first kappa shape index (κ1) is 25.8. The van der Waals surface area contributed by atoms with E-state index in [2.05, 4.69) is 11.9 Å². The van der Waals surface area contributed by atoms with E-state index in [9.17, 15) is 9.59 Å². The van der Waals surface area contributed by atoms with Crippen LogP contribution in [0, 0.1) is 0 Å². The van der Waals surface area contributed by atoms with Crippen LogP contribution in [0.1, 0.15) is 19.8 Å². The highest BCUT2D eigenvalue weighted by Gasteiger charge is 2.18. The van der Waals surface area contributed by atoms with Crippen molar-refractivity contribution in [1.82, 2.24) is 19.4 Å². The number of nitrogens with zero attached hydrogens (tertiary/aromatic N) is 5. The number of unbranched alkanes of at least 4 members (excludes halogenated alkanes) is 1. The van der Waals surface area contributed by atoms with Gasteiger partial charge in [-0.2, -0.15) is 0 Å². The number of likely N-dealkylation sites (N-methyl/N-ethyl adjacent to an activating group) is 2. The van der Waals surface area contributed by atoms with Gasteiger partial charge in [-0.25, -0.2) is 14.5 Å². The summed E-state index contributed by atoms with van der Waals surface area (Å²) >= 11 is 12.2. The average Bonchev–Trinajstić information content (AvgIpc) is 2.88. The molecular formula is C27H27Cl2N5O2. The monoisotopic (exact) mass is 523 g/mol. The quantitative estimate of drug-likeness (QED) is 0.307. The fraction of sp³-hybridized carbons (Fsp3) is 0.259. The van der Waals surface area contributed by atoms with E-state index in [1.54, 1.807) is 42.3 Å². The summed E-state index contributed by atoms with van der Waals surface area (Å²) in [5, 5.41) is 1.29. The number of hydrogen-bond donors (Lipinski definition) is 0. The lowest BCUT2D eigenvalue weighted by Crippen LogP contribution is -2.37. The van der Waals surface area contributed by atoms with E-state index in [1.165, 1.54) is 10.8 Å². The smallest absolute Gasteiger partial charge is 0.267 e. The first-order valence-corrected chi connectivity index (χ1v) is 12.4. The minimum atomic E-state index is -0.293. The summed E-state index contributed by atoms with van der Waals surface area (Å²) in [6.45, 7) is 3.35. The fourth-order valence-corrected chi connectivity index (χ4v) is 4.17. The highest BCUT2D eigenvalue weighted by atomic mass is 35.5. The van der Waals surface area contributed by atoms with Crippen molar-refractivity contribution in [2.24, 2.45) is 0 Å². The zero-order valence-electron chi connectivity index (χ0n) is 20.4. The minimum absolute atomic E-state index is 0.00401. The van der Waals surface area contributed by atoms with E-state index in [-0.39, 0.29) is 11.5 Å². The molecule has 0 radical (unpaired) electrons. The number of hydrogen-bond acceptors (Lipinski definition) is 5. The number of halogens is 2. The van der Waals surface area contributed by atoms with Gasteiger partial charge in [0.15, 0.2) is 0 Å². The topological polar surface area (TPSA) is 71.3 Å². The van der Waals surface area contributed by atoms with Crippen LogP contribution in [0.15, 0.2) is 65.6 Å². The third-order valence-electron chi connectivity index (χ3n) is 5.96. The summed E-state index contributed by atoms with van der Waals surface area (Å²) in [5.41, 5.74) is 1.68. The van der Waals surface area contributed by atoms with Crippen molar-refractivity contribution < 1.29 is 4.79 Å². The third-order valence-corrected chi connectivity index (χ3v) is 6.42. The van der Waals surface area contributed by atoms with Crippen LogP contribution in [0.4, 0.5) is 5.69 Å². The van der Waals surface area contributed by atoms with Gasteiger partial charge in [0.1, 0.15) is 11.6 Å². The molecule has 0 aliphatic carbocycles. The van der Waals surface area contributed by atoms with Gasteiger partial charge in [-0.15, -0.1) is 0 Å². The number of carbonyl (C=O) groups is 1. The van der Waals surface area contributed by atoms with Gasteiger partial charge >= 0.3 is 0 Å². The molecule has 186 valence electrons. The first-order valence-electron chi connectivity index (χ1n) is 11.7. The van der Waals surface area contributed by atoms with Gasteiger partial charge in [0.2, 0.25) is 5.91 Å². The number of fused-ring (bicyclic) bond motifs is 1. The Kier molecular flexibility index (Phi) is 8.04. The van der Waals surface area contributed by atoms with Crippen LogP contribution in [0.5, 0.6) is 0 Å². The second-order valence-electron chi connectivity index (χ2n) is 8.66. The molecule has 4 rings (SSSR count). The highest BCUT2D eigenvalue weighted by Crippen LogP contribution is 2.25. The van der Waals surface area contributed by atoms with Gasteiger partial charge in [-0.3, -0.25) is 14.5 Å². The van der Waals surface area contributed by atoms with Gasteiger partial charge in [0.25, 0.3) is 5.56 Å². The van der Waals surface area contributed by atoms with Crippen LogP contribution in [0.2, 0.25) is 10.0 Å². The number of aromatic nitrogens is 3. The number of rotatable bonds is 8. The molecule has 0 spiro atoms. The van der Waals surface area contributed by atoms with Crippen LogP contribution in [-0.2, 0) is 4.79 Å². The summed E-state index contributed by atoms with van der Waals surface area (Å²) in [6, 6.07) is 15.7. The number of pyridine rings is 1. The van der Waals surface area contributed by atoms with Crippen LogP contribution >= 0.6 is 23.2 Å². The van der Waals surface area contributed by atoms with Crippen LogP contribution < -0.4 is 10.5 Å². The number of amides is 1. The lowest BCUT2D eigenvalue weighted by molar-refractivity contribution is -0.119. The van der Waals surface area contributed by atoms with E-state index in [4.69, 9.17) is 28.2 Å². The van der Waals surface area contributed by atoms with Crippen molar-refractivity contribution in [3.63, 3.8) is 0 Å². The predicted octanol–water partition coefficient (Wildman–Crippen LogP) is 5.45. The molecule has 4 aromatic rings. The standard InChI is InChI=1S/C27H27Cl2N5O2/c1-4-5-14-32(2)17-25(35)33(3)21-10-6-18(7-11-21)26-31-23-12-8-19(28)15-22(23)27(36)34(26)24-13-9-20(29)16-30-24/h6-13,15-16H,4-5,14,17H2,1-3H3. The fourth-order valence-electron chi connectivity index (χ4n) is 3.89. The van der Waals surface area contributed by atoms with E-state index in [1.807, 2.05) is 36.2 Å². The van der Waals surface area contributed by atoms with Gasteiger partial charge in [0.05, 0.1) is 22.5 Å². The summed E-state index contributed by atoms with van der Waals surface area (Å²) < 4.78 is 1.45. The first-order chi connectivity index (χ1) is 17.3. The molecule has 2 aromatic heterocycles. The zero-order chi connectivity index (χ0) is 25.8. The molecular weight excluding hydrogens is 497 g/mol. The molecule has 36 heavy (non-hydrogen) atoms. The van der Waals surface area contributed by atoms with Crippen LogP contribution in [0.3, 0.4) is 0 Å². The Morgan fingerprint density at radius 3 is 2.39 bits per heavy atom. The molecule has 0 saturated carbocycles. The number of benzene rings is 2. The van der Waals surface area contributed by atoms with Crippen molar-refractivity contribution in [2.45, 2.75) is 19.8 Å². The summed E-state index contributed by atoms with van der Waals surface area (Å²) in [7, 11) is 3.71. The SMILES string of the molecule is CCCCN(C)CC(=O)N(C)c1ccc(-c2nc3ccc(Cl)cc3c(=O)n2-c2ccc(Cl)cn2)cc1. The predicted molar refractivity (Wildman–Crippen MR) is 146 cm³/mol. The molecule has 0 fully saturated rings. The normalized spacial score (nSPS) is 11.3. The van der Waals surface area contributed by atoms with E-state index in [0.29, 0.717) is 44.7 Å². The zero-order valence-corrected chi connectivity index (χ0v) is 21.9.